The first-order valence-electron chi connectivity index (χ1n) is 5.40. The van der Waals surface area contributed by atoms with Crippen molar-refractivity contribution in [3.63, 3.8) is 0 Å². The van der Waals surface area contributed by atoms with Crippen LogP contribution < -0.4 is 0 Å². The van der Waals surface area contributed by atoms with Crippen LogP contribution in [0.5, 0.6) is 0 Å². The van der Waals surface area contributed by atoms with Crippen molar-refractivity contribution in [2.45, 2.75) is 6.54 Å². The van der Waals surface area contributed by atoms with Crippen molar-refractivity contribution >= 4 is 0 Å². The molecule has 1 aliphatic heterocycles. The largest absolute Gasteiger partial charge is 0.304 e. The van der Waals surface area contributed by atoms with Gasteiger partial charge in [-0.05, 0) is 13.1 Å². The Morgan fingerprint density at radius 2 is 1.80 bits per heavy atom. The molecule has 82 valence electrons. The lowest BCUT2D eigenvalue weighted by Gasteiger charge is -2.32. The lowest BCUT2D eigenvalue weighted by atomic mass is 10.2. The number of piperazine rings is 1. The van der Waals surface area contributed by atoms with Gasteiger partial charge >= 0.3 is 0 Å². The molecule has 1 fully saturated rings. The fourth-order valence-corrected chi connectivity index (χ4v) is 1.87. The van der Waals surface area contributed by atoms with Crippen LogP contribution in [0.3, 0.4) is 0 Å². The van der Waals surface area contributed by atoms with Crippen molar-refractivity contribution in [2.75, 3.05) is 33.2 Å². The summed E-state index contributed by atoms with van der Waals surface area (Å²) in [6, 6.07) is 7.04. The molecular weight excluding hydrogens is 191 g/mol. The Morgan fingerprint density at radius 3 is 2.47 bits per heavy atom. The Balaban J connectivity index is 1.95. The number of benzene rings is 1. The van der Waals surface area contributed by atoms with Gasteiger partial charge in [0.15, 0.2) is 0 Å². The van der Waals surface area contributed by atoms with Crippen LogP contribution in [0.1, 0.15) is 5.56 Å². The molecule has 0 unspecified atom stereocenters. The predicted octanol–water partition coefficient (Wildman–Crippen LogP) is 1.57. The third kappa shape index (κ3) is 2.76. The third-order valence-electron chi connectivity index (χ3n) is 2.95. The second-order valence-corrected chi connectivity index (χ2v) is 4.17. The van der Waals surface area contributed by atoms with E-state index in [0.717, 1.165) is 38.3 Å². The van der Waals surface area contributed by atoms with Gasteiger partial charge in [0.05, 0.1) is 0 Å². The molecule has 1 aromatic carbocycles. The fourth-order valence-electron chi connectivity index (χ4n) is 1.87. The maximum Gasteiger partial charge on any atom is 0.127 e. The Bertz CT molecular complexity index is 319. The number of nitrogens with zero attached hydrogens (tertiary/aromatic N) is 2. The van der Waals surface area contributed by atoms with E-state index in [0.29, 0.717) is 0 Å². The molecule has 1 aromatic rings. The molecule has 0 N–H and O–H groups in total. The summed E-state index contributed by atoms with van der Waals surface area (Å²) >= 11 is 0. The summed E-state index contributed by atoms with van der Waals surface area (Å²) in [4.78, 5) is 4.61. The summed E-state index contributed by atoms with van der Waals surface area (Å²) in [5.41, 5.74) is 0.807. The molecular formula is C12H17FN2. The molecule has 0 spiro atoms. The normalized spacial score (nSPS) is 19.3. The van der Waals surface area contributed by atoms with Gasteiger partial charge in [-0.15, -0.1) is 0 Å². The van der Waals surface area contributed by atoms with E-state index in [1.54, 1.807) is 6.07 Å². The molecule has 2 nitrogen and oxygen atoms in total. The van der Waals surface area contributed by atoms with E-state index in [4.69, 9.17) is 0 Å². The Hall–Kier alpha value is -0.930. The van der Waals surface area contributed by atoms with E-state index in [2.05, 4.69) is 16.8 Å². The van der Waals surface area contributed by atoms with Gasteiger partial charge in [-0.1, -0.05) is 18.2 Å². The number of hydrogen-bond acceptors (Lipinski definition) is 2. The number of halogens is 1. The van der Waals surface area contributed by atoms with Crippen LogP contribution >= 0.6 is 0 Å². The van der Waals surface area contributed by atoms with Crippen LogP contribution in [0.2, 0.25) is 0 Å². The topological polar surface area (TPSA) is 6.48 Å². The molecule has 1 heterocycles. The molecule has 2 rings (SSSR count). The van der Waals surface area contributed by atoms with Gasteiger partial charge in [-0.3, -0.25) is 4.90 Å². The summed E-state index contributed by atoms with van der Waals surface area (Å²) < 4.78 is 13.4. The van der Waals surface area contributed by atoms with E-state index >= 15 is 0 Å². The highest BCUT2D eigenvalue weighted by molar-refractivity contribution is 5.17. The van der Waals surface area contributed by atoms with E-state index in [1.165, 1.54) is 6.07 Å². The van der Waals surface area contributed by atoms with Gasteiger partial charge < -0.3 is 4.90 Å². The van der Waals surface area contributed by atoms with Crippen LogP contribution in [-0.2, 0) is 6.54 Å². The number of likely N-dealkylation sites (N-methyl/N-ethyl adjacent to an activating group) is 1. The maximum atomic E-state index is 13.4. The van der Waals surface area contributed by atoms with Crippen molar-refractivity contribution in [3.05, 3.63) is 35.6 Å². The first kappa shape index (κ1) is 10.6. The SMILES string of the molecule is CN1CCN(Cc2ccccc2F)CC1. The second kappa shape index (κ2) is 4.73. The Kier molecular flexibility index (Phi) is 3.34. The summed E-state index contributed by atoms with van der Waals surface area (Å²) in [7, 11) is 2.13. The van der Waals surface area contributed by atoms with Crippen molar-refractivity contribution in [2.24, 2.45) is 0 Å². The van der Waals surface area contributed by atoms with Crippen LogP contribution in [0.15, 0.2) is 24.3 Å². The van der Waals surface area contributed by atoms with Crippen molar-refractivity contribution in [3.8, 4) is 0 Å². The molecule has 0 saturated carbocycles. The van der Waals surface area contributed by atoms with E-state index in [9.17, 15) is 4.39 Å². The highest BCUT2D eigenvalue weighted by Crippen LogP contribution is 2.11. The quantitative estimate of drug-likeness (QED) is 0.728. The van der Waals surface area contributed by atoms with Crippen molar-refractivity contribution in [1.29, 1.82) is 0 Å². The molecule has 3 heteroatoms. The molecule has 15 heavy (non-hydrogen) atoms. The third-order valence-corrected chi connectivity index (χ3v) is 2.95. The van der Waals surface area contributed by atoms with Gasteiger partial charge in [0, 0.05) is 38.3 Å². The fraction of sp³-hybridized carbons (Fsp3) is 0.500. The predicted molar refractivity (Wildman–Crippen MR) is 59.2 cm³/mol. The average molecular weight is 208 g/mol. The van der Waals surface area contributed by atoms with Gasteiger partial charge in [-0.2, -0.15) is 0 Å². The smallest absolute Gasteiger partial charge is 0.127 e. The van der Waals surface area contributed by atoms with Gasteiger partial charge in [0.2, 0.25) is 0 Å². The maximum absolute atomic E-state index is 13.4. The van der Waals surface area contributed by atoms with Gasteiger partial charge in [0.25, 0.3) is 0 Å². The van der Waals surface area contributed by atoms with Crippen LogP contribution in [0, 0.1) is 5.82 Å². The molecule has 0 aromatic heterocycles. The average Bonchev–Trinajstić information content (AvgIpc) is 2.25. The van der Waals surface area contributed by atoms with Gasteiger partial charge in [0.1, 0.15) is 5.82 Å². The molecule has 0 atom stereocenters. The standard InChI is InChI=1S/C12H17FN2/c1-14-6-8-15(9-7-14)10-11-4-2-3-5-12(11)13/h2-5H,6-10H2,1H3. The Labute approximate surface area is 90.3 Å². The van der Waals surface area contributed by atoms with E-state index in [-0.39, 0.29) is 5.82 Å². The highest BCUT2D eigenvalue weighted by atomic mass is 19.1. The minimum Gasteiger partial charge on any atom is -0.304 e. The zero-order valence-corrected chi connectivity index (χ0v) is 9.12. The zero-order valence-electron chi connectivity index (χ0n) is 9.12. The minimum absolute atomic E-state index is 0.0866. The molecule has 1 saturated heterocycles. The summed E-state index contributed by atoms with van der Waals surface area (Å²) in [5.74, 6) is -0.0866. The molecule has 1 aliphatic rings. The number of hydrogen-bond donors (Lipinski definition) is 0. The van der Waals surface area contributed by atoms with Gasteiger partial charge in [-0.25, -0.2) is 4.39 Å². The molecule has 0 bridgehead atoms. The molecule has 0 amide bonds. The molecule has 0 aliphatic carbocycles. The first-order chi connectivity index (χ1) is 7.25. The summed E-state index contributed by atoms with van der Waals surface area (Å²) in [6.07, 6.45) is 0. The summed E-state index contributed by atoms with van der Waals surface area (Å²) in [5, 5.41) is 0. The zero-order chi connectivity index (χ0) is 10.7. The van der Waals surface area contributed by atoms with E-state index < -0.39 is 0 Å². The Morgan fingerprint density at radius 1 is 1.13 bits per heavy atom. The van der Waals surface area contributed by atoms with Crippen LogP contribution in [-0.4, -0.2) is 43.0 Å². The summed E-state index contributed by atoms with van der Waals surface area (Å²) in [6.45, 7) is 4.96. The number of rotatable bonds is 2. The minimum atomic E-state index is -0.0866. The highest BCUT2D eigenvalue weighted by Gasteiger charge is 2.14. The lowest BCUT2D eigenvalue weighted by molar-refractivity contribution is 0.147. The molecule has 0 radical (unpaired) electrons. The lowest BCUT2D eigenvalue weighted by Crippen LogP contribution is -2.43. The van der Waals surface area contributed by atoms with Crippen molar-refractivity contribution in [1.82, 2.24) is 9.80 Å². The van der Waals surface area contributed by atoms with Crippen molar-refractivity contribution < 1.29 is 4.39 Å². The van der Waals surface area contributed by atoms with Crippen LogP contribution in [0.25, 0.3) is 0 Å². The van der Waals surface area contributed by atoms with Crippen LogP contribution in [0.4, 0.5) is 4.39 Å². The van der Waals surface area contributed by atoms with E-state index in [1.807, 2.05) is 12.1 Å². The second-order valence-electron chi connectivity index (χ2n) is 4.17. The monoisotopic (exact) mass is 208 g/mol. The first-order valence-corrected chi connectivity index (χ1v) is 5.40.